The van der Waals surface area contributed by atoms with Gasteiger partial charge in [0.05, 0.1) is 16.6 Å². The first-order chi connectivity index (χ1) is 12.6. The van der Waals surface area contributed by atoms with E-state index in [9.17, 15) is 9.65 Å². The van der Waals surface area contributed by atoms with E-state index in [-0.39, 0.29) is 5.82 Å². The number of halogens is 2. The molecule has 0 fully saturated rings. The van der Waals surface area contributed by atoms with Gasteiger partial charge in [0, 0.05) is 21.1 Å². The van der Waals surface area contributed by atoms with Gasteiger partial charge in [-0.1, -0.05) is 0 Å². The van der Waals surface area contributed by atoms with Gasteiger partial charge in [0.2, 0.25) is 0 Å². The molecule has 0 amide bonds. The largest absolute Gasteiger partial charge is 0.337 e. The summed E-state index contributed by atoms with van der Waals surface area (Å²) in [6, 6.07) is 18.5. The number of imidazole rings is 1. The van der Waals surface area contributed by atoms with E-state index >= 15 is 0 Å². The molecule has 1 N–H and O–H groups in total. The number of aromatic nitrogens is 3. The number of nitrogens with one attached hydrogen (secondary N) is 1. The molecule has 6 heteroatoms. The Morgan fingerprint density at radius 2 is 2.00 bits per heavy atom. The number of benzene rings is 2. The van der Waals surface area contributed by atoms with Crippen molar-refractivity contribution in [2.24, 2.45) is 0 Å². The second-order valence-corrected chi connectivity index (χ2v) is 6.94. The number of hydrogen-bond donors (Lipinski definition) is 1. The van der Waals surface area contributed by atoms with Crippen molar-refractivity contribution in [3.05, 3.63) is 81.7 Å². The second-order valence-electron chi connectivity index (χ2n) is 5.70. The predicted octanol–water partition coefficient (Wildman–Crippen LogP) is 5.16. The monoisotopic (exact) mass is 454 g/mol. The Labute approximate surface area is 162 Å². The summed E-state index contributed by atoms with van der Waals surface area (Å²) >= 11 is 2.26. The molecule has 2 aromatic carbocycles. The van der Waals surface area contributed by atoms with Gasteiger partial charge in [-0.25, -0.2) is 9.37 Å². The molecular formula is C20H12FIN4. The number of aromatic amines is 1. The molecule has 2 aromatic heterocycles. The SMILES string of the molecule is N#C/C(=C/c1cccn1-c1ccc(I)cc1)c1nc2ccc(F)cc2[nH]1. The molecule has 0 saturated carbocycles. The molecule has 0 aliphatic heterocycles. The molecule has 0 aliphatic carbocycles. The Morgan fingerprint density at radius 3 is 2.77 bits per heavy atom. The highest BCUT2D eigenvalue weighted by Crippen LogP contribution is 2.22. The van der Waals surface area contributed by atoms with Gasteiger partial charge in [-0.05, 0) is 83.3 Å². The minimum absolute atomic E-state index is 0.345. The second kappa shape index (κ2) is 6.77. The normalized spacial score (nSPS) is 11.7. The summed E-state index contributed by atoms with van der Waals surface area (Å²) in [5.41, 5.74) is 3.43. The molecule has 0 aliphatic rings. The number of H-pyrrole nitrogens is 1. The van der Waals surface area contributed by atoms with Crippen LogP contribution in [-0.4, -0.2) is 14.5 Å². The van der Waals surface area contributed by atoms with Gasteiger partial charge in [0.1, 0.15) is 17.7 Å². The van der Waals surface area contributed by atoms with Crippen LogP contribution < -0.4 is 0 Å². The molecule has 0 bridgehead atoms. The lowest BCUT2D eigenvalue weighted by atomic mass is 10.2. The van der Waals surface area contributed by atoms with Crippen LogP contribution in [0.5, 0.6) is 0 Å². The van der Waals surface area contributed by atoms with Gasteiger partial charge in [0.15, 0.2) is 0 Å². The zero-order chi connectivity index (χ0) is 18.1. The maximum Gasteiger partial charge on any atom is 0.149 e. The van der Waals surface area contributed by atoms with Gasteiger partial charge >= 0.3 is 0 Å². The highest BCUT2D eigenvalue weighted by Gasteiger charge is 2.10. The van der Waals surface area contributed by atoms with Crippen LogP contribution in [0, 0.1) is 20.7 Å². The maximum atomic E-state index is 13.4. The third-order valence-corrected chi connectivity index (χ3v) is 4.72. The average Bonchev–Trinajstić information content (AvgIpc) is 3.26. The molecule has 4 aromatic rings. The quantitative estimate of drug-likeness (QED) is 0.344. The number of hydrogen-bond acceptors (Lipinski definition) is 2. The van der Waals surface area contributed by atoms with Gasteiger partial charge in [-0.15, -0.1) is 0 Å². The molecule has 0 radical (unpaired) electrons. The fourth-order valence-corrected chi connectivity index (χ4v) is 3.12. The Bertz CT molecular complexity index is 1160. The fourth-order valence-electron chi connectivity index (χ4n) is 2.76. The van der Waals surface area contributed by atoms with Crippen LogP contribution in [0.25, 0.3) is 28.4 Å². The van der Waals surface area contributed by atoms with Crippen molar-refractivity contribution in [3.63, 3.8) is 0 Å². The van der Waals surface area contributed by atoms with E-state index in [1.54, 1.807) is 12.1 Å². The van der Waals surface area contributed by atoms with E-state index in [0.29, 0.717) is 22.4 Å². The molecule has 2 heterocycles. The van der Waals surface area contributed by atoms with Crippen LogP contribution in [0.3, 0.4) is 0 Å². The van der Waals surface area contributed by atoms with Crippen molar-refractivity contribution in [1.29, 1.82) is 5.26 Å². The lowest BCUT2D eigenvalue weighted by Gasteiger charge is -2.07. The minimum atomic E-state index is -0.345. The lowest BCUT2D eigenvalue weighted by molar-refractivity contribution is 0.629. The third kappa shape index (κ3) is 3.13. The van der Waals surface area contributed by atoms with E-state index in [2.05, 4.69) is 38.6 Å². The van der Waals surface area contributed by atoms with Crippen LogP contribution in [0.15, 0.2) is 60.8 Å². The summed E-state index contributed by atoms with van der Waals surface area (Å²) in [6.45, 7) is 0. The number of fused-ring (bicyclic) bond motifs is 1. The van der Waals surface area contributed by atoms with Crippen molar-refractivity contribution < 1.29 is 4.39 Å². The van der Waals surface area contributed by atoms with E-state index < -0.39 is 0 Å². The molecule has 0 atom stereocenters. The number of rotatable bonds is 3. The summed E-state index contributed by atoms with van der Waals surface area (Å²) in [5, 5.41) is 9.59. The predicted molar refractivity (Wildman–Crippen MR) is 108 cm³/mol. The molecule has 4 rings (SSSR count). The van der Waals surface area contributed by atoms with Crippen LogP contribution in [0.1, 0.15) is 11.5 Å². The molecule has 0 unspecified atom stereocenters. The smallest absolute Gasteiger partial charge is 0.149 e. The van der Waals surface area contributed by atoms with Crippen molar-refractivity contribution in [2.75, 3.05) is 0 Å². The van der Waals surface area contributed by atoms with Gasteiger partial charge in [-0.3, -0.25) is 0 Å². The summed E-state index contributed by atoms with van der Waals surface area (Å²) in [5.74, 6) is 0.0752. The molecule has 26 heavy (non-hydrogen) atoms. The summed E-state index contributed by atoms with van der Waals surface area (Å²) < 4.78 is 16.5. The van der Waals surface area contributed by atoms with Crippen molar-refractivity contribution in [3.8, 4) is 11.8 Å². The molecular weight excluding hydrogens is 442 g/mol. The van der Waals surface area contributed by atoms with Crippen LogP contribution in [-0.2, 0) is 0 Å². The van der Waals surface area contributed by atoms with Crippen LogP contribution >= 0.6 is 22.6 Å². The third-order valence-electron chi connectivity index (χ3n) is 4.00. The number of nitriles is 1. The van der Waals surface area contributed by atoms with Crippen LogP contribution in [0.4, 0.5) is 4.39 Å². The zero-order valence-electron chi connectivity index (χ0n) is 13.4. The Kier molecular flexibility index (Phi) is 4.31. The number of allylic oxidation sites excluding steroid dienone is 1. The topological polar surface area (TPSA) is 57.4 Å². The van der Waals surface area contributed by atoms with E-state index in [1.807, 2.05) is 47.2 Å². The molecule has 126 valence electrons. The summed E-state index contributed by atoms with van der Waals surface area (Å²) in [6.07, 6.45) is 3.71. The summed E-state index contributed by atoms with van der Waals surface area (Å²) in [7, 11) is 0. The Balaban J connectivity index is 1.77. The van der Waals surface area contributed by atoms with Gasteiger partial charge < -0.3 is 9.55 Å². The number of nitrogens with zero attached hydrogens (tertiary/aromatic N) is 3. The van der Waals surface area contributed by atoms with Crippen molar-refractivity contribution in [2.45, 2.75) is 0 Å². The Morgan fingerprint density at radius 1 is 1.19 bits per heavy atom. The highest BCUT2D eigenvalue weighted by atomic mass is 127. The molecule has 0 saturated heterocycles. The Hall–Kier alpha value is -2.92. The van der Waals surface area contributed by atoms with E-state index in [4.69, 9.17) is 0 Å². The average molecular weight is 454 g/mol. The molecule has 4 nitrogen and oxygen atoms in total. The first-order valence-electron chi connectivity index (χ1n) is 7.85. The fraction of sp³-hybridized carbons (Fsp3) is 0. The van der Waals surface area contributed by atoms with Crippen molar-refractivity contribution >= 4 is 45.3 Å². The standard InChI is InChI=1S/C20H12FIN4/c21-14-3-8-18-19(11-14)25-20(24-18)13(12-23)10-17-2-1-9-26(17)16-6-4-15(22)5-7-16/h1-11H,(H,24,25)/b13-10-. The first-order valence-corrected chi connectivity index (χ1v) is 8.93. The maximum absolute atomic E-state index is 13.4. The van der Waals surface area contributed by atoms with Gasteiger partial charge in [0.25, 0.3) is 0 Å². The van der Waals surface area contributed by atoms with Crippen molar-refractivity contribution in [1.82, 2.24) is 14.5 Å². The van der Waals surface area contributed by atoms with Gasteiger partial charge in [-0.2, -0.15) is 5.26 Å². The lowest BCUT2D eigenvalue weighted by Crippen LogP contribution is -1.95. The molecule has 0 spiro atoms. The highest BCUT2D eigenvalue weighted by molar-refractivity contribution is 14.1. The van der Waals surface area contributed by atoms with E-state index in [0.717, 1.165) is 15.0 Å². The first kappa shape index (κ1) is 16.5. The van der Waals surface area contributed by atoms with E-state index in [1.165, 1.54) is 12.1 Å². The zero-order valence-corrected chi connectivity index (χ0v) is 15.6. The minimum Gasteiger partial charge on any atom is -0.337 e. The summed E-state index contributed by atoms with van der Waals surface area (Å²) in [4.78, 5) is 7.41. The van der Waals surface area contributed by atoms with Crippen LogP contribution in [0.2, 0.25) is 0 Å².